The summed E-state index contributed by atoms with van der Waals surface area (Å²) in [6.07, 6.45) is 0. The van der Waals surface area contributed by atoms with Gasteiger partial charge in [-0.25, -0.2) is 0 Å². The standard InChI is InChI=1S/C15H23Cl3N2/c1-10(19-8-15(2,3)9-20(4)5)11-6-7-12(16)14(18)13(11)17/h6-7,10,19H,8-9H2,1-5H3. The quantitative estimate of drug-likeness (QED) is 0.744. The van der Waals surface area contributed by atoms with Gasteiger partial charge in [-0.1, -0.05) is 54.7 Å². The Morgan fingerprint density at radius 1 is 1.15 bits per heavy atom. The minimum absolute atomic E-state index is 0.124. The lowest BCUT2D eigenvalue weighted by Crippen LogP contribution is -2.38. The van der Waals surface area contributed by atoms with Crippen molar-refractivity contribution in [2.24, 2.45) is 5.41 Å². The molecular formula is C15H23Cl3N2. The molecule has 0 saturated carbocycles. The van der Waals surface area contributed by atoms with E-state index in [1.165, 1.54) is 0 Å². The monoisotopic (exact) mass is 336 g/mol. The van der Waals surface area contributed by atoms with Crippen LogP contribution in [0.4, 0.5) is 0 Å². The van der Waals surface area contributed by atoms with Gasteiger partial charge in [0.25, 0.3) is 0 Å². The Kier molecular flexibility index (Phi) is 6.62. The third kappa shape index (κ3) is 5.09. The summed E-state index contributed by atoms with van der Waals surface area (Å²) in [5, 5.41) is 4.96. The van der Waals surface area contributed by atoms with E-state index >= 15 is 0 Å². The average molecular weight is 338 g/mol. The van der Waals surface area contributed by atoms with Crippen molar-refractivity contribution in [3.63, 3.8) is 0 Å². The molecule has 1 N–H and O–H groups in total. The van der Waals surface area contributed by atoms with Crippen molar-refractivity contribution < 1.29 is 0 Å². The van der Waals surface area contributed by atoms with E-state index in [1.54, 1.807) is 6.07 Å². The van der Waals surface area contributed by atoms with E-state index in [0.717, 1.165) is 18.7 Å². The van der Waals surface area contributed by atoms with Gasteiger partial charge in [0, 0.05) is 19.1 Å². The van der Waals surface area contributed by atoms with Gasteiger partial charge in [-0.15, -0.1) is 0 Å². The predicted octanol–water partition coefficient (Wildman–Crippen LogP) is 4.89. The normalized spacial score (nSPS) is 13.8. The van der Waals surface area contributed by atoms with Gasteiger partial charge in [0.1, 0.15) is 0 Å². The van der Waals surface area contributed by atoms with Crippen LogP contribution in [-0.2, 0) is 0 Å². The molecule has 0 spiro atoms. The molecule has 0 aliphatic heterocycles. The highest BCUT2D eigenvalue weighted by atomic mass is 35.5. The fourth-order valence-corrected chi connectivity index (χ4v) is 3.03. The van der Waals surface area contributed by atoms with Crippen LogP contribution in [-0.4, -0.2) is 32.1 Å². The van der Waals surface area contributed by atoms with E-state index in [9.17, 15) is 0 Å². The van der Waals surface area contributed by atoms with E-state index in [2.05, 4.69) is 45.1 Å². The van der Waals surface area contributed by atoms with E-state index in [0.29, 0.717) is 15.1 Å². The lowest BCUT2D eigenvalue weighted by molar-refractivity contribution is 0.227. The SMILES string of the molecule is CC(NCC(C)(C)CN(C)C)c1ccc(Cl)c(Cl)c1Cl. The summed E-state index contributed by atoms with van der Waals surface area (Å²) >= 11 is 18.3. The lowest BCUT2D eigenvalue weighted by atomic mass is 9.92. The predicted molar refractivity (Wildman–Crippen MR) is 90.2 cm³/mol. The first kappa shape index (κ1) is 18.1. The molecular weight excluding hydrogens is 315 g/mol. The highest BCUT2D eigenvalue weighted by molar-refractivity contribution is 6.48. The number of nitrogens with one attached hydrogen (secondary N) is 1. The number of benzene rings is 1. The van der Waals surface area contributed by atoms with Crippen LogP contribution in [0.15, 0.2) is 12.1 Å². The first-order valence-electron chi connectivity index (χ1n) is 6.65. The first-order valence-corrected chi connectivity index (χ1v) is 7.79. The number of hydrogen-bond donors (Lipinski definition) is 1. The van der Waals surface area contributed by atoms with Gasteiger partial charge in [-0.2, -0.15) is 0 Å². The molecule has 0 radical (unpaired) electrons. The van der Waals surface area contributed by atoms with Crippen molar-refractivity contribution in [2.45, 2.75) is 26.8 Å². The van der Waals surface area contributed by atoms with Gasteiger partial charge in [-0.05, 0) is 38.1 Å². The molecule has 1 unspecified atom stereocenters. The summed E-state index contributed by atoms with van der Waals surface area (Å²) in [5.41, 5.74) is 1.15. The maximum absolute atomic E-state index is 6.26. The third-order valence-corrected chi connectivity index (χ3v) is 4.47. The molecule has 0 heterocycles. The van der Waals surface area contributed by atoms with Crippen molar-refractivity contribution in [3.05, 3.63) is 32.8 Å². The van der Waals surface area contributed by atoms with Crippen LogP contribution in [0.3, 0.4) is 0 Å². The first-order chi connectivity index (χ1) is 9.14. The third-order valence-electron chi connectivity index (χ3n) is 3.16. The van der Waals surface area contributed by atoms with Gasteiger partial charge < -0.3 is 10.2 Å². The van der Waals surface area contributed by atoms with Crippen molar-refractivity contribution in [3.8, 4) is 0 Å². The summed E-state index contributed by atoms with van der Waals surface area (Å²) < 4.78 is 0. The molecule has 0 saturated heterocycles. The summed E-state index contributed by atoms with van der Waals surface area (Å²) in [7, 11) is 4.17. The Labute approximate surface area is 137 Å². The zero-order valence-corrected chi connectivity index (χ0v) is 15.0. The van der Waals surface area contributed by atoms with Crippen molar-refractivity contribution in [1.82, 2.24) is 10.2 Å². The molecule has 114 valence electrons. The van der Waals surface area contributed by atoms with Gasteiger partial charge in [0.2, 0.25) is 0 Å². The maximum atomic E-state index is 6.26. The summed E-state index contributed by atoms with van der Waals surface area (Å²) in [6, 6.07) is 3.83. The Morgan fingerprint density at radius 3 is 2.30 bits per heavy atom. The zero-order chi connectivity index (χ0) is 15.5. The zero-order valence-electron chi connectivity index (χ0n) is 12.7. The minimum atomic E-state index is 0.124. The van der Waals surface area contributed by atoms with Crippen LogP contribution >= 0.6 is 34.8 Å². The second kappa shape index (κ2) is 7.33. The van der Waals surface area contributed by atoms with Gasteiger partial charge in [-0.3, -0.25) is 0 Å². The Morgan fingerprint density at radius 2 is 1.75 bits per heavy atom. The molecule has 0 fully saturated rings. The van der Waals surface area contributed by atoms with E-state index in [1.807, 2.05) is 6.07 Å². The molecule has 0 aliphatic rings. The topological polar surface area (TPSA) is 15.3 Å². The van der Waals surface area contributed by atoms with Crippen LogP contribution in [0.2, 0.25) is 15.1 Å². The fourth-order valence-electron chi connectivity index (χ4n) is 2.33. The second-order valence-electron chi connectivity index (χ2n) is 6.27. The van der Waals surface area contributed by atoms with Gasteiger partial charge in [0.15, 0.2) is 0 Å². The van der Waals surface area contributed by atoms with E-state index < -0.39 is 0 Å². The van der Waals surface area contributed by atoms with Crippen molar-refractivity contribution >= 4 is 34.8 Å². The van der Waals surface area contributed by atoms with Crippen LogP contribution in [0.25, 0.3) is 0 Å². The van der Waals surface area contributed by atoms with E-state index in [4.69, 9.17) is 34.8 Å². The fraction of sp³-hybridized carbons (Fsp3) is 0.600. The van der Waals surface area contributed by atoms with Crippen LogP contribution in [0.5, 0.6) is 0 Å². The maximum Gasteiger partial charge on any atom is 0.0781 e. The molecule has 20 heavy (non-hydrogen) atoms. The number of nitrogens with zero attached hydrogens (tertiary/aromatic N) is 1. The molecule has 0 amide bonds. The summed E-state index contributed by atoms with van der Waals surface area (Å²) in [6.45, 7) is 8.47. The Balaban J connectivity index is 2.73. The molecule has 1 atom stereocenters. The lowest BCUT2D eigenvalue weighted by Gasteiger charge is -2.30. The Bertz CT molecular complexity index is 459. The van der Waals surface area contributed by atoms with Crippen molar-refractivity contribution in [1.29, 1.82) is 0 Å². The summed E-state index contributed by atoms with van der Waals surface area (Å²) in [5.74, 6) is 0. The number of halogens is 3. The Hall–Kier alpha value is 0.01000. The number of rotatable bonds is 6. The molecule has 1 aromatic rings. The number of hydrogen-bond acceptors (Lipinski definition) is 2. The van der Waals surface area contributed by atoms with Crippen molar-refractivity contribution in [2.75, 3.05) is 27.2 Å². The largest absolute Gasteiger partial charge is 0.310 e. The highest BCUT2D eigenvalue weighted by Crippen LogP contribution is 2.35. The highest BCUT2D eigenvalue weighted by Gasteiger charge is 2.21. The van der Waals surface area contributed by atoms with Gasteiger partial charge >= 0.3 is 0 Å². The van der Waals surface area contributed by atoms with Gasteiger partial charge in [0.05, 0.1) is 15.1 Å². The van der Waals surface area contributed by atoms with Crippen LogP contribution in [0.1, 0.15) is 32.4 Å². The molecule has 0 aliphatic carbocycles. The molecule has 0 bridgehead atoms. The van der Waals surface area contributed by atoms with Crippen LogP contribution < -0.4 is 5.32 Å². The molecule has 0 aromatic heterocycles. The molecule has 1 rings (SSSR count). The molecule has 1 aromatic carbocycles. The molecule has 5 heteroatoms. The van der Waals surface area contributed by atoms with E-state index in [-0.39, 0.29) is 11.5 Å². The average Bonchev–Trinajstić information content (AvgIpc) is 2.32. The summed E-state index contributed by atoms with van der Waals surface area (Å²) in [4.78, 5) is 2.19. The van der Waals surface area contributed by atoms with Crippen LogP contribution in [0, 0.1) is 5.41 Å². The smallest absolute Gasteiger partial charge is 0.0781 e. The molecule has 2 nitrogen and oxygen atoms in total. The second-order valence-corrected chi connectivity index (χ2v) is 7.43. The minimum Gasteiger partial charge on any atom is -0.310 e.